The molecule has 0 spiro atoms. The molecule has 1 saturated heterocycles. The molecule has 2 atom stereocenters. The second kappa shape index (κ2) is 7.65. The van der Waals surface area contributed by atoms with Gasteiger partial charge in [0.05, 0.1) is 23.5 Å². The van der Waals surface area contributed by atoms with Crippen LogP contribution in [-0.4, -0.2) is 42.0 Å². The van der Waals surface area contributed by atoms with Crippen molar-refractivity contribution in [2.75, 3.05) is 18.0 Å². The van der Waals surface area contributed by atoms with Crippen LogP contribution in [0.25, 0.3) is 5.57 Å². The van der Waals surface area contributed by atoms with Crippen LogP contribution in [-0.2, 0) is 14.3 Å². The smallest absolute Gasteiger partial charge is 0.282 e. The number of nitrogens with zero attached hydrogens (tertiary/aromatic N) is 2. The zero-order valence-electron chi connectivity index (χ0n) is 16.7. The third kappa shape index (κ3) is 3.68. The van der Waals surface area contributed by atoms with Gasteiger partial charge in [0.15, 0.2) is 0 Å². The van der Waals surface area contributed by atoms with E-state index < -0.39 is 0 Å². The molecule has 0 aliphatic carbocycles. The van der Waals surface area contributed by atoms with Gasteiger partial charge in [0.1, 0.15) is 5.70 Å². The van der Waals surface area contributed by atoms with Gasteiger partial charge in [-0.05, 0) is 50.6 Å². The van der Waals surface area contributed by atoms with E-state index in [2.05, 4.69) is 0 Å². The summed E-state index contributed by atoms with van der Waals surface area (Å²) in [5.74, 6) is -0.628. The number of hydrogen-bond acceptors (Lipinski definition) is 4. The first-order valence-electron chi connectivity index (χ1n) is 9.71. The molecule has 0 N–H and O–H groups in total. The van der Waals surface area contributed by atoms with Crippen LogP contribution in [0.1, 0.15) is 25.0 Å². The first-order valence-corrected chi connectivity index (χ1v) is 10.1. The van der Waals surface area contributed by atoms with Crippen LogP contribution in [0.4, 0.5) is 5.69 Å². The van der Waals surface area contributed by atoms with E-state index in [9.17, 15) is 9.59 Å². The summed E-state index contributed by atoms with van der Waals surface area (Å²) in [5.41, 5.74) is 3.23. The van der Waals surface area contributed by atoms with Gasteiger partial charge in [-0.25, -0.2) is 4.90 Å². The van der Waals surface area contributed by atoms with Crippen molar-refractivity contribution in [2.45, 2.75) is 33.0 Å². The molecule has 0 bridgehead atoms. The fourth-order valence-electron chi connectivity index (χ4n) is 3.98. The van der Waals surface area contributed by atoms with Crippen molar-refractivity contribution in [1.29, 1.82) is 0 Å². The van der Waals surface area contributed by atoms with E-state index in [0.717, 1.165) is 11.1 Å². The molecule has 29 heavy (non-hydrogen) atoms. The Hall–Kier alpha value is -2.63. The molecule has 0 radical (unpaired) electrons. The first-order chi connectivity index (χ1) is 13.8. The highest BCUT2D eigenvalue weighted by molar-refractivity contribution is 6.45. The normalized spacial score (nSPS) is 22.6. The van der Waals surface area contributed by atoms with E-state index in [1.54, 1.807) is 24.3 Å². The number of amides is 2. The highest BCUT2D eigenvalue weighted by Crippen LogP contribution is 2.36. The van der Waals surface area contributed by atoms with Crippen LogP contribution < -0.4 is 4.90 Å². The topological polar surface area (TPSA) is 49.9 Å². The van der Waals surface area contributed by atoms with Crippen LogP contribution in [0, 0.1) is 6.92 Å². The Kier molecular flexibility index (Phi) is 5.19. The average molecular weight is 411 g/mol. The third-order valence-electron chi connectivity index (χ3n) is 5.22. The van der Waals surface area contributed by atoms with Gasteiger partial charge in [0, 0.05) is 18.1 Å². The molecule has 2 aromatic rings. The molecule has 4 rings (SSSR count). The molecule has 5 nitrogen and oxygen atoms in total. The number of benzene rings is 2. The maximum Gasteiger partial charge on any atom is 0.282 e. The highest BCUT2D eigenvalue weighted by atomic mass is 35.5. The van der Waals surface area contributed by atoms with Gasteiger partial charge in [-0.2, -0.15) is 0 Å². The second-order valence-electron chi connectivity index (χ2n) is 7.67. The summed E-state index contributed by atoms with van der Waals surface area (Å²) in [7, 11) is 0. The van der Waals surface area contributed by atoms with Crippen molar-refractivity contribution in [3.63, 3.8) is 0 Å². The minimum absolute atomic E-state index is 0.0296. The van der Waals surface area contributed by atoms with E-state index in [1.807, 2.05) is 49.9 Å². The van der Waals surface area contributed by atoms with Crippen molar-refractivity contribution in [3.8, 4) is 0 Å². The number of hydrogen-bond donors (Lipinski definition) is 0. The number of imide groups is 1. The minimum Gasteiger partial charge on any atom is -0.372 e. The minimum atomic E-state index is -0.317. The quantitative estimate of drug-likeness (QED) is 0.716. The van der Waals surface area contributed by atoms with Gasteiger partial charge in [0.25, 0.3) is 11.8 Å². The average Bonchev–Trinajstić information content (AvgIpc) is 2.93. The van der Waals surface area contributed by atoms with Crippen LogP contribution in [0.15, 0.2) is 54.2 Å². The molecule has 2 aliphatic heterocycles. The fraction of sp³-hybridized carbons (Fsp3) is 0.304. The highest BCUT2D eigenvalue weighted by Gasteiger charge is 2.43. The molecule has 2 heterocycles. The molecule has 6 heteroatoms. The third-order valence-corrected chi connectivity index (χ3v) is 5.47. The van der Waals surface area contributed by atoms with E-state index >= 15 is 0 Å². The van der Waals surface area contributed by atoms with Gasteiger partial charge in [0.2, 0.25) is 0 Å². The second-order valence-corrected chi connectivity index (χ2v) is 8.11. The Bertz CT molecular complexity index is 972. The lowest BCUT2D eigenvalue weighted by Gasteiger charge is -2.37. The van der Waals surface area contributed by atoms with Gasteiger partial charge in [-0.15, -0.1) is 0 Å². The Labute approximate surface area is 175 Å². The summed E-state index contributed by atoms with van der Waals surface area (Å²) in [6.45, 7) is 7.07. The van der Waals surface area contributed by atoms with Crippen molar-refractivity contribution in [1.82, 2.24) is 4.90 Å². The van der Waals surface area contributed by atoms with Crippen molar-refractivity contribution >= 4 is 34.7 Å². The van der Waals surface area contributed by atoms with E-state index in [1.165, 1.54) is 4.90 Å². The summed E-state index contributed by atoms with van der Waals surface area (Å²) < 4.78 is 5.83. The number of ether oxygens (including phenoxy) is 1. The lowest BCUT2D eigenvalue weighted by atomic mass is 10.0. The molecule has 2 aromatic carbocycles. The number of rotatable bonds is 3. The van der Waals surface area contributed by atoms with Crippen LogP contribution >= 0.6 is 11.6 Å². The van der Waals surface area contributed by atoms with Gasteiger partial charge in [-0.3, -0.25) is 9.59 Å². The number of anilines is 1. The lowest BCUT2D eigenvalue weighted by molar-refractivity contribution is -0.121. The van der Waals surface area contributed by atoms with Crippen LogP contribution in [0.5, 0.6) is 0 Å². The SMILES string of the molecule is Cc1ccc(C2=C(N3CC(C)OC(C)C3)C(=O)N(c3ccc(Cl)cc3)C2=O)cc1. The number of morpholine rings is 1. The Balaban J connectivity index is 1.82. The number of aryl methyl sites for hydroxylation is 1. The van der Waals surface area contributed by atoms with E-state index in [0.29, 0.717) is 35.1 Å². The molecular weight excluding hydrogens is 388 g/mol. The van der Waals surface area contributed by atoms with Crippen molar-refractivity contribution < 1.29 is 14.3 Å². The van der Waals surface area contributed by atoms with Crippen LogP contribution in [0.2, 0.25) is 5.02 Å². The molecule has 2 amide bonds. The summed E-state index contributed by atoms with van der Waals surface area (Å²) in [4.78, 5) is 30.2. The summed E-state index contributed by atoms with van der Waals surface area (Å²) in [6, 6.07) is 14.4. The molecule has 2 unspecified atom stereocenters. The molecular formula is C23H23ClN2O3. The molecule has 1 fully saturated rings. The van der Waals surface area contributed by atoms with Crippen molar-refractivity contribution in [3.05, 3.63) is 70.4 Å². The maximum absolute atomic E-state index is 13.5. The Morgan fingerprint density at radius 1 is 0.897 bits per heavy atom. The van der Waals surface area contributed by atoms with Gasteiger partial charge >= 0.3 is 0 Å². The monoisotopic (exact) mass is 410 g/mol. The number of halogens is 1. The maximum atomic E-state index is 13.5. The zero-order valence-corrected chi connectivity index (χ0v) is 17.4. The Morgan fingerprint density at radius 2 is 1.48 bits per heavy atom. The van der Waals surface area contributed by atoms with Gasteiger partial charge < -0.3 is 9.64 Å². The molecule has 0 saturated carbocycles. The molecule has 2 aliphatic rings. The van der Waals surface area contributed by atoms with Crippen molar-refractivity contribution in [2.24, 2.45) is 0 Å². The predicted octanol–water partition coefficient (Wildman–Crippen LogP) is 4.04. The van der Waals surface area contributed by atoms with E-state index in [4.69, 9.17) is 16.3 Å². The first kappa shape index (κ1) is 19.7. The molecule has 150 valence electrons. The zero-order chi connectivity index (χ0) is 20.7. The number of carbonyl (C=O) groups excluding carboxylic acids is 2. The Morgan fingerprint density at radius 3 is 2.07 bits per heavy atom. The number of carbonyl (C=O) groups is 2. The predicted molar refractivity (Wildman–Crippen MR) is 114 cm³/mol. The summed E-state index contributed by atoms with van der Waals surface area (Å²) >= 11 is 5.99. The summed E-state index contributed by atoms with van der Waals surface area (Å²) in [6.07, 6.45) is -0.0593. The standard InChI is InChI=1S/C23H23ClN2O3/c1-14-4-6-17(7-5-14)20-21(25-12-15(2)29-16(3)13-25)23(28)26(22(20)27)19-10-8-18(24)9-11-19/h4-11,15-16H,12-13H2,1-3H3. The summed E-state index contributed by atoms with van der Waals surface area (Å²) in [5, 5.41) is 0.551. The largest absolute Gasteiger partial charge is 0.372 e. The van der Waals surface area contributed by atoms with Crippen LogP contribution in [0.3, 0.4) is 0 Å². The lowest BCUT2D eigenvalue weighted by Crippen LogP contribution is -2.47. The molecule has 0 aromatic heterocycles. The van der Waals surface area contributed by atoms with Gasteiger partial charge in [-0.1, -0.05) is 41.4 Å². The van der Waals surface area contributed by atoms with E-state index in [-0.39, 0.29) is 24.0 Å². The fourth-order valence-corrected chi connectivity index (χ4v) is 4.10.